The summed E-state index contributed by atoms with van der Waals surface area (Å²) in [6.07, 6.45) is 1.84. The molecule has 4 aromatic rings. The van der Waals surface area contributed by atoms with Gasteiger partial charge in [0.2, 0.25) is 0 Å². The van der Waals surface area contributed by atoms with E-state index in [0.717, 1.165) is 37.8 Å². The molecule has 0 amide bonds. The third-order valence-corrected chi connectivity index (χ3v) is 6.25. The molecule has 0 aliphatic rings. The molecule has 0 atom stereocenters. The molecule has 0 radical (unpaired) electrons. The molecule has 4 rings (SSSR count). The van der Waals surface area contributed by atoms with E-state index in [1.165, 1.54) is 11.3 Å². The number of thioether (sulfide) groups is 1. The van der Waals surface area contributed by atoms with E-state index in [-0.39, 0.29) is 0 Å². The molecule has 1 N–H and O–H groups in total. The molecule has 2 heterocycles. The third-order valence-electron chi connectivity index (χ3n) is 4.00. The molecule has 29 heavy (non-hydrogen) atoms. The van der Waals surface area contributed by atoms with E-state index in [1.807, 2.05) is 79.2 Å². The van der Waals surface area contributed by atoms with Crippen LogP contribution in [0.3, 0.4) is 0 Å². The standard InChI is InChI=1S/C22H18ClN3OS2/c1-15-13-29-22(25-15)26-21-20(27-17-8-3-2-4-9-17)11-18(12-24-21)28-14-16-7-5-6-10-19(16)23/h2-13H,14H2,1H3,(H,24,25,26). The van der Waals surface area contributed by atoms with Gasteiger partial charge in [-0.15, -0.1) is 23.1 Å². The van der Waals surface area contributed by atoms with E-state index < -0.39 is 0 Å². The number of benzene rings is 2. The average Bonchev–Trinajstić information content (AvgIpc) is 3.14. The first-order valence-electron chi connectivity index (χ1n) is 8.96. The van der Waals surface area contributed by atoms with Crippen LogP contribution in [0, 0.1) is 6.92 Å². The first-order chi connectivity index (χ1) is 14.2. The lowest BCUT2D eigenvalue weighted by molar-refractivity contribution is 0.481. The first-order valence-corrected chi connectivity index (χ1v) is 11.2. The number of halogens is 1. The van der Waals surface area contributed by atoms with E-state index in [0.29, 0.717) is 11.6 Å². The van der Waals surface area contributed by atoms with Crippen molar-refractivity contribution in [1.29, 1.82) is 0 Å². The summed E-state index contributed by atoms with van der Waals surface area (Å²) in [5.74, 6) is 2.78. The normalized spacial score (nSPS) is 10.7. The summed E-state index contributed by atoms with van der Waals surface area (Å²) in [4.78, 5) is 10.0. The Morgan fingerprint density at radius 3 is 2.66 bits per heavy atom. The van der Waals surface area contributed by atoms with Crippen molar-refractivity contribution in [2.45, 2.75) is 17.6 Å². The smallest absolute Gasteiger partial charge is 0.188 e. The maximum absolute atomic E-state index is 6.28. The number of ether oxygens (including phenoxy) is 1. The van der Waals surface area contributed by atoms with Crippen molar-refractivity contribution in [1.82, 2.24) is 9.97 Å². The Kier molecular flexibility index (Phi) is 6.34. The van der Waals surface area contributed by atoms with Crippen LogP contribution in [0.25, 0.3) is 0 Å². The van der Waals surface area contributed by atoms with Crippen LogP contribution in [0.15, 0.2) is 77.1 Å². The minimum Gasteiger partial charge on any atom is -0.453 e. The Labute approximate surface area is 183 Å². The Balaban J connectivity index is 1.58. The van der Waals surface area contributed by atoms with E-state index in [1.54, 1.807) is 11.8 Å². The van der Waals surface area contributed by atoms with Crippen LogP contribution in [0.1, 0.15) is 11.3 Å². The predicted molar refractivity (Wildman–Crippen MR) is 122 cm³/mol. The van der Waals surface area contributed by atoms with Gasteiger partial charge in [-0.05, 0) is 36.8 Å². The molecule has 2 aromatic heterocycles. The van der Waals surface area contributed by atoms with Crippen molar-refractivity contribution in [3.8, 4) is 11.5 Å². The Morgan fingerprint density at radius 1 is 1.10 bits per heavy atom. The Morgan fingerprint density at radius 2 is 1.90 bits per heavy atom. The van der Waals surface area contributed by atoms with Gasteiger partial charge in [0, 0.05) is 27.2 Å². The molecule has 4 nitrogen and oxygen atoms in total. The monoisotopic (exact) mass is 439 g/mol. The summed E-state index contributed by atoms with van der Waals surface area (Å²) >= 11 is 9.48. The topological polar surface area (TPSA) is 47.0 Å². The molecule has 146 valence electrons. The van der Waals surface area contributed by atoms with Crippen molar-refractivity contribution in [3.63, 3.8) is 0 Å². The second-order valence-corrected chi connectivity index (χ2v) is 8.55. The van der Waals surface area contributed by atoms with Crippen molar-refractivity contribution in [3.05, 3.63) is 88.5 Å². The number of aromatic nitrogens is 2. The number of thiazole rings is 1. The first kappa shape index (κ1) is 19.8. The molecule has 2 aromatic carbocycles. The van der Waals surface area contributed by atoms with Crippen molar-refractivity contribution >= 4 is 45.6 Å². The molecular weight excluding hydrogens is 422 g/mol. The zero-order valence-corrected chi connectivity index (χ0v) is 18.0. The van der Waals surface area contributed by atoms with Crippen molar-refractivity contribution in [2.75, 3.05) is 5.32 Å². The van der Waals surface area contributed by atoms with E-state index in [4.69, 9.17) is 16.3 Å². The summed E-state index contributed by atoms with van der Waals surface area (Å²) in [5.41, 5.74) is 2.06. The summed E-state index contributed by atoms with van der Waals surface area (Å²) in [6.45, 7) is 1.96. The van der Waals surface area contributed by atoms with Crippen LogP contribution in [0.5, 0.6) is 11.5 Å². The minimum absolute atomic E-state index is 0.630. The largest absolute Gasteiger partial charge is 0.453 e. The van der Waals surface area contributed by atoms with Gasteiger partial charge in [0.15, 0.2) is 16.7 Å². The van der Waals surface area contributed by atoms with Gasteiger partial charge in [0.05, 0.1) is 5.69 Å². The SMILES string of the molecule is Cc1csc(Nc2ncc(SCc3ccccc3Cl)cc2Oc2ccccc2)n1. The molecule has 0 saturated carbocycles. The van der Waals surface area contributed by atoms with Crippen molar-refractivity contribution in [2.24, 2.45) is 0 Å². The molecule has 0 unspecified atom stereocenters. The van der Waals surface area contributed by atoms with E-state index in [2.05, 4.69) is 15.3 Å². The average molecular weight is 440 g/mol. The van der Waals surface area contributed by atoms with Gasteiger partial charge >= 0.3 is 0 Å². The van der Waals surface area contributed by atoms with Gasteiger partial charge in [-0.3, -0.25) is 0 Å². The van der Waals surface area contributed by atoms with E-state index in [9.17, 15) is 0 Å². The lowest BCUT2D eigenvalue weighted by Gasteiger charge is -2.12. The van der Waals surface area contributed by atoms with Gasteiger partial charge in [0.1, 0.15) is 5.75 Å². The highest BCUT2D eigenvalue weighted by molar-refractivity contribution is 7.98. The molecule has 7 heteroatoms. The van der Waals surface area contributed by atoms with Crippen LogP contribution in [-0.2, 0) is 5.75 Å². The molecule has 0 aliphatic heterocycles. The molecule has 0 bridgehead atoms. The number of nitrogens with zero attached hydrogens (tertiary/aromatic N) is 2. The van der Waals surface area contributed by atoms with Crippen LogP contribution >= 0.6 is 34.7 Å². The number of nitrogens with one attached hydrogen (secondary N) is 1. The number of para-hydroxylation sites is 1. The zero-order chi connectivity index (χ0) is 20.1. The van der Waals surface area contributed by atoms with Gasteiger partial charge in [-0.25, -0.2) is 9.97 Å². The number of pyridine rings is 1. The number of anilines is 2. The molecule has 0 saturated heterocycles. The Bertz CT molecular complexity index is 1100. The highest BCUT2D eigenvalue weighted by Crippen LogP contribution is 2.35. The summed E-state index contributed by atoms with van der Waals surface area (Å²) in [7, 11) is 0. The molecule has 0 spiro atoms. The van der Waals surface area contributed by atoms with Gasteiger partial charge in [0.25, 0.3) is 0 Å². The highest BCUT2D eigenvalue weighted by atomic mass is 35.5. The van der Waals surface area contributed by atoms with Crippen LogP contribution in [0.2, 0.25) is 5.02 Å². The minimum atomic E-state index is 0.630. The molecular formula is C22H18ClN3OS2. The summed E-state index contributed by atoms with van der Waals surface area (Å²) in [5, 5.41) is 6.81. The lowest BCUT2D eigenvalue weighted by Crippen LogP contribution is -1.98. The maximum Gasteiger partial charge on any atom is 0.188 e. The summed E-state index contributed by atoms with van der Waals surface area (Å²) in [6, 6.07) is 19.5. The molecule has 0 fully saturated rings. The predicted octanol–water partition coefficient (Wildman–Crippen LogP) is 7.33. The van der Waals surface area contributed by atoms with E-state index >= 15 is 0 Å². The fourth-order valence-corrected chi connectivity index (χ4v) is 4.44. The third kappa shape index (κ3) is 5.29. The maximum atomic E-state index is 6.28. The second-order valence-electron chi connectivity index (χ2n) is 6.23. The number of aryl methyl sites for hydroxylation is 1. The van der Waals surface area contributed by atoms with Gasteiger partial charge < -0.3 is 10.1 Å². The zero-order valence-electron chi connectivity index (χ0n) is 15.6. The van der Waals surface area contributed by atoms with Gasteiger partial charge in [-0.1, -0.05) is 48.0 Å². The van der Waals surface area contributed by atoms with Crippen LogP contribution in [-0.4, -0.2) is 9.97 Å². The lowest BCUT2D eigenvalue weighted by atomic mass is 10.2. The molecule has 0 aliphatic carbocycles. The number of hydrogen-bond donors (Lipinski definition) is 1. The van der Waals surface area contributed by atoms with Crippen LogP contribution in [0.4, 0.5) is 10.9 Å². The second kappa shape index (κ2) is 9.31. The quantitative estimate of drug-likeness (QED) is 0.305. The van der Waals surface area contributed by atoms with Crippen molar-refractivity contribution < 1.29 is 4.74 Å². The van der Waals surface area contributed by atoms with Gasteiger partial charge in [-0.2, -0.15) is 0 Å². The van der Waals surface area contributed by atoms with Crippen LogP contribution < -0.4 is 10.1 Å². The fourth-order valence-electron chi connectivity index (χ4n) is 2.58. The summed E-state index contributed by atoms with van der Waals surface area (Å²) < 4.78 is 6.12. The number of hydrogen-bond acceptors (Lipinski definition) is 6. The Hall–Kier alpha value is -2.54. The highest BCUT2D eigenvalue weighted by Gasteiger charge is 2.12. The fraction of sp³-hybridized carbons (Fsp3) is 0.0909. The number of rotatable bonds is 7.